The molecule has 0 aliphatic heterocycles. The van der Waals surface area contributed by atoms with Gasteiger partial charge in [-0.15, -0.1) is 0 Å². The summed E-state index contributed by atoms with van der Waals surface area (Å²) < 4.78 is 5.38. The molecule has 2 aromatic rings. The van der Waals surface area contributed by atoms with Crippen molar-refractivity contribution in [3.8, 4) is 0 Å². The molecule has 0 radical (unpaired) electrons. The third kappa shape index (κ3) is 2.93. The number of benzene rings is 1. The van der Waals surface area contributed by atoms with Crippen LogP contribution in [0.1, 0.15) is 30.7 Å². The van der Waals surface area contributed by atoms with Crippen LogP contribution < -0.4 is 5.32 Å². The minimum absolute atomic E-state index is 0.0656. The second-order valence-electron chi connectivity index (χ2n) is 4.38. The third-order valence-electron chi connectivity index (χ3n) is 3.03. The molecule has 1 aromatic heterocycles. The molecule has 0 aliphatic carbocycles. The second kappa shape index (κ2) is 5.56. The van der Waals surface area contributed by atoms with Crippen LogP contribution >= 0.6 is 0 Å². The summed E-state index contributed by atoms with van der Waals surface area (Å²) in [6.07, 6.45) is 2.50. The summed E-state index contributed by atoms with van der Waals surface area (Å²) in [4.78, 5) is 10.4. The first-order chi connectivity index (χ1) is 9.11. The molecule has 0 bridgehead atoms. The summed E-state index contributed by atoms with van der Waals surface area (Å²) in [6, 6.07) is 8.85. The number of nitrogens with zero attached hydrogens (tertiary/aromatic N) is 1. The first-order valence-corrected chi connectivity index (χ1v) is 6.16. The lowest BCUT2D eigenvalue weighted by molar-refractivity contribution is -0.385. The lowest BCUT2D eigenvalue weighted by Crippen LogP contribution is -2.09. The van der Waals surface area contributed by atoms with Gasteiger partial charge in [-0.2, -0.15) is 0 Å². The minimum atomic E-state index is -0.372. The van der Waals surface area contributed by atoms with Crippen molar-refractivity contribution in [1.82, 2.24) is 0 Å². The fourth-order valence-electron chi connectivity index (χ4n) is 2.02. The number of nitro groups is 1. The Balaban J connectivity index is 2.19. The summed E-state index contributed by atoms with van der Waals surface area (Å²) in [5.41, 5.74) is 1.63. The zero-order valence-electron chi connectivity index (χ0n) is 10.9. The van der Waals surface area contributed by atoms with Gasteiger partial charge >= 0.3 is 0 Å². The van der Waals surface area contributed by atoms with Gasteiger partial charge in [-0.1, -0.05) is 6.92 Å². The van der Waals surface area contributed by atoms with Crippen molar-refractivity contribution in [3.63, 3.8) is 0 Å². The van der Waals surface area contributed by atoms with Gasteiger partial charge in [0.1, 0.15) is 5.76 Å². The molecule has 19 heavy (non-hydrogen) atoms. The molecule has 0 fully saturated rings. The Kier molecular flexibility index (Phi) is 3.85. The van der Waals surface area contributed by atoms with E-state index in [-0.39, 0.29) is 16.7 Å². The van der Waals surface area contributed by atoms with E-state index in [1.54, 1.807) is 25.3 Å². The fraction of sp³-hybridized carbons (Fsp3) is 0.286. The average Bonchev–Trinajstić information content (AvgIpc) is 2.89. The SMILES string of the molecule is CCC(Nc1ccc([N+](=O)[O-])c(C)c1)c1ccco1. The van der Waals surface area contributed by atoms with Crippen LogP contribution in [0, 0.1) is 17.0 Å². The van der Waals surface area contributed by atoms with Gasteiger partial charge in [0.05, 0.1) is 17.2 Å². The predicted molar refractivity (Wildman–Crippen MR) is 73.2 cm³/mol. The van der Waals surface area contributed by atoms with Crippen LogP contribution in [0.4, 0.5) is 11.4 Å². The van der Waals surface area contributed by atoms with Crippen LogP contribution in [0.25, 0.3) is 0 Å². The predicted octanol–water partition coefficient (Wildman–Crippen LogP) is 4.06. The summed E-state index contributed by atoms with van der Waals surface area (Å²) in [5, 5.41) is 14.1. The Morgan fingerprint density at radius 1 is 1.42 bits per heavy atom. The van der Waals surface area contributed by atoms with Gasteiger partial charge in [-0.25, -0.2) is 0 Å². The number of anilines is 1. The molecule has 0 spiro atoms. The topological polar surface area (TPSA) is 68.3 Å². The van der Waals surface area contributed by atoms with E-state index in [2.05, 4.69) is 12.2 Å². The van der Waals surface area contributed by atoms with Gasteiger partial charge in [-0.3, -0.25) is 10.1 Å². The van der Waals surface area contributed by atoms with Crippen molar-refractivity contribution < 1.29 is 9.34 Å². The lowest BCUT2D eigenvalue weighted by atomic mass is 10.1. The molecule has 1 atom stereocenters. The highest BCUT2D eigenvalue weighted by molar-refractivity contribution is 5.54. The lowest BCUT2D eigenvalue weighted by Gasteiger charge is -2.16. The van der Waals surface area contributed by atoms with Crippen molar-refractivity contribution >= 4 is 11.4 Å². The van der Waals surface area contributed by atoms with E-state index in [9.17, 15) is 10.1 Å². The first-order valence-electron chi connectivity index (χ1n) is 6.16. The van der Waals surface area contributed by atoms with Crippen LogP contribution in [0.5, 0.6) is 0 Å². The monoisotopic (exact) mass is 260 g/mol. The van der Waals surface area contributed by atoms with E-state index in [1.807, 2.05) is 12.1 Å². The van der Waals surface area contributed by atoms with Gasteiger partial charge in [0.25, 0.3) is 5.69 Å². The van der Waals surface area contributed by atoms with E-state index in [1.165, 1.54) is 6.07 Å². The minimum Gasteiger partial charge on any atom is -0.467 e. The molecule has 1 N–H and O–H groups in total. The van der Waals surface area contributed by atoms with Crippen LogP contribution in [0.15, 0.2) is 41.0 Å². The second-order valence-corrected chi connectivity index (χ2v) is 4.38. The van der Waals surface area contributed by atoms with Gasteiger partial charge in [0, 0.05) is 17.3 Å². The summed E-state index contributed by atoms with van der Waals surface area (Å²) >= 11 is 0. The number of nitro benzene ring substituents is 1. The molecule has 0 saturated carbocycles. The van der Waals surface area contributed by atoms with Crippen molar-refractivity contribution in [2.24, 2.45) is 0 Å². The van der Waals surface area contributed by atoms with Crippen molar-refractivity contribution in [2.45, 2.75) is 26.3 Å². The van der Waals surface area contributed by atoms with Crippen molar-refractivity contribution in [3.05, 3.63) is 58.0 Å². The maximum absolute atomic E-state index is 10.8. The van der Waals surface area contributed by atoms with Crippen LogP contribution in [-0.2, 0) is 0 Å². The average molecular weight is 260 g/mol. The number of hydrogen-bond donors (Lipinski definition) is 1. The Hall–Kier alpha value is -2.30. The molecular weight excluding hydrogens is 244 g/mol. The fourth-order valence-corrected chi connectivity index (χ4v) is 2.02. The normalized spacial score (nSPS) is 12.1. The van der Waals surface area contributed by atoms with E-state index in [0.29, 0.717) is 5.56 Å². The molecule has 2 rings (SSSR count). The van der Waals surface area contributed by atoms with E-state index >= 15 is 0 Å². The van der Waals surface area contributed by atoms with Crippen LogP contribution in [0.2, 0.25) is 0 Å². The standard InChI is InChI=1S/C14H16N2O3/c1-3-12(14-5-4-8-19-14)15-11-6-7-13(16(17)18)10(2)9-11/h4-9,12,15H,3H2,1-2H3. The Bertz CT molecular complexity index is 564. The van der Waals surface area contributed by atoms with Crippen LogP contribution in [0.3, 0.4) is 0 Å². The number of nitrogens with one attached hydrogen (secondary N) is 1. The summed E-state index contributed by atoms with van der Waals surface area (Å²) in [5.74, 6) is 0.860. The van der Waals surface area contributed by atoms with Gasteiger partial charge in [-0.05, 0) is 37.6 Å². The number of rotatable bonds is 5. The molecule has 1 heterocycles. The number of aryl methyl sites for hydroxylation is 1. The molecule has 1 unspecified atom stereocenters. The molecule has 0 amide bonds. The summed E-state index contributed by atoms with van der Waals surface area (Å²) in [6.45, 7) is 3.79. The van der Waals surface area contributed by atoms with Gasteiger partial charge < -0.3 is 9.73 Å². The van der Waals surface area contributed by atoms with Gasteiger partial charge in [0.15, 0.2) is 0 Å². The largest absolute Gasteiger partial charge is 0.467 e. The molecule has 1 aromatic carbocycles. The maximum Gasteiger partial charge on any atom is 0.272 e. The van der Waals surface area contributed by atoms with E-state index < -0.39 is 0 Å². The van der Waals surface area contributed by atoms with Crippen LogP contribution in [-0.4, -0.2) is 4.92 Å². The highest BCUT2D eigenvalue weighted by Gasteiger charge is 2.14. The Labute approximate surface area is 111 Å². The van der Waals surface area contributed by atoms with E-state index in [4.69, 9.17) is 4.42 Å². The first kappa shape index (κ1) is 13.1. The van der Waals surface area contributed by atoms with E-state index in [0.717, 1.165) is 17.9 Å². The van der Waals surface area contributed by atoms with Crippen molar-refractivity contribution in [2.75, 3.05) is 5.32 Å². The zero-order valence-corrected chi connectivity index (χ0v) is 10.9. The summed E-state index contributed by atoms with van der Waals surface area (Å²) in [7, 11) is 0. The zero-order chi connectivity index (χ0) is 13.8. The van der Waals surface area contributed by atoms with Crippen molar-refractivity contribution in [1.29, 1.82) is 0 Å². The highest BCUT2D eigenvalue weighted by atomic mass is 16.6. The van der Waals surface area contributed by atoms with Gasteiger partial charge in [0.2, 0.25) is 0 Å². The smallest absolute Gasteiger partial charge is 0.272 e. The third-order valence-corrected chi connectivity index (χ3v) is 3.03. The maximum atomic E-state index is 10.8. The number of hydrogen-bond acceptors (Lipinski definition) is 4. The molecule has 100 valence electrons. The molecule has 0 saturated heterocycles. The molecule has 5 nitrogen and oxygen atoms in total. The molecule has 0 aliphatic rings. The number of furan rings is 1. The Morgan fingerprint density at radius 2 is 2.21 bits per heavy atom. The highest BCUT2D eigenvalue weighted by Crippen LogP contribution is 2.26. The molecule has 5 heteroatoms. The Morgan fingerprint density at radius 3 is 2.74 bits per heavy atom. The quantitative estimate of drug-likeness (QED) is 0.650. The molecular formula is C14H16N2O3.